The lowest BCUT2D eigenvalue weighted by Crippen LogP contribution is -2.33. The molecule has 1 saturated heterocycles. The molecular weight excluding hydrogens is 477 g/mol. The molecule has 1 aliphatic rings. The lowest BCUT2D eigenvalue weighted by molar-refractivity contribution is -0.0238. The van der Waals surface area contributed by atoms with Gasteiger partial charge in [0.2, 0.25) is 10.8 Å². The molecule has 1 aromatic carbocycles. The van der Waals surface area contributed by atoms with Gasteiger partial charge < -0.3 is 9.26 Å². The van der Waals surface area contributed by atoms with Crippen molar-refractivity contribution in [1.82, 2.24) is 19.4 Å². The minimum atomic E-state index is -4.00. The summed E-state index contributed by atoms with van der Waals surface area (Å²) in [4.78, 5) is 33.4. The number of hydrogen-bond acceptors (Lipinski definition) is 9. The summed E-state index contributed by atoms with van der Waals surface area (Å²) in [5, 5.41) is 6.63. The van der Waals surface area contributed by atoms with Crippen molar-refractivity contribution in [2.75, 3.05) is 11.7 Å². The van der Waals surface area contributed by atoms with Crippen molar-refractivity contribution in [3.05, 3.63) is 87.3 Å². The Balaban J connectivity index is 1.55. The van der Waals surface area contributed by atoms with Crippen molar-refractivity contribution in [1.29, 1.82) is 5.53 Å². The minimum absolute atomic E-state index is 0.0853. The number of nitrogens with one attached hydrogen (secondary N) is 3. The summed E-state index contributed by atoms with van der Waals surface area (Å²) in [5.41, 5.74) is 6.81. The molecule has 3 aromatic rings. The molecule has 182 valence electrons. The van der Waals surface area contributed by atoms with Crippen molar-refractivity contribution >= 4 is 13.4 Å². The third kappa shape index (κ3) is 5.97. The Hall–Kier alpha value is -3.89. The van der Waals surface area contributed by atoms with E-state index < -0.39 is 37.4 Å². The highest BCUT2D eigenvalue weighted by molar-refractivity contribution is 7.55. The molecule has 4 unspecified atom stereocenters. The maximum absolute atomic E-state index is 13.6. The molecule has 0 aliphatic carbocycles. The van der Waals surface area contributed by atoms with Crippen molar-refractivity contribution in [3.63, 3.8) is 0 Å². The highest BCUT2D eigenvalue weighted by atomic mass is 31.2. The lowest BCUT2D eigenvalue weighted by atomic mass is 10.1. The fourth-order valence-electron chi connectivity index (χ4n) is 3.48. The molecule has 13 nitrogen and oxygen atoms in total. The summed E-state index contributed by atoms with van der Waals surface area (Å²) in [7, 11) is -4.00. The Morgan fingerprint density at radius 1 is 1.29 bits per heavy atom. The first-order chi connectivity index (χ1) is 16.9. The molecule has 0 saturated carbocycles. The van der Waals surface area contributed by atoms with Gasteiger partial charge in [-0.05, 0) is 25.1 Å². The van der Waals surface area contributed by atoms with Gasteiger partial charge in [-0.3, -0.25) is 24.0 Å². The summed E-state index contributed by atoms with van der Waals surface area (Å²) in [6, 6.07) is 12.9. The minimum Gasteiger partial charge on any atom is -0.391 e. The second kappa shape index (κ2) is 10.6. The van der Waals surface area contributed by atoms with E-state index in [1.807, 2.05) is 0 Å². The van der Waals surface area contributed by atoms with E-state index in [4.69, 9.17) is 19.3 Å². The fraction of sp³-hybridized carbons (Fsp3) is 0.286. The first-order valence-electron chi connectivity index (χ1n) is 10.6. The summed E-state index contributed by atoms with van der Waals surface area (Å²) in [6.45, 7) is 1.30. The molecule has 0 bridgehead atoms. The summed E-state index contributed by atoms with van der Waals surface area (Å²) < 4.78 is 32.1. The molecule has 0 amide bonds. The monoisotopic (exact) mass is 500 g/mol. The third-order valence-corrected chi connectivity index (χ3v) is 6.61. The van der Waals surface area contributed by atoms with Crippen LogP contribution in [0, 0.1) is 12.5 Å². The quantitative estimate of drug-likeness (QED) is 0.228. The zero-order valence-corrected chi connectivity index (χ0v) is 19.5. The average Bonchev–Trinajstić information content (AvgIpc) is 3.24. The van der Waals surface area contributed by atoms with E-state index in [9.17, 15) is 14.2 Å². The number of aromatic nitrogens is 3. The second-order valence-electron chi connectivity index (χ2n) is 7.66. The van der Waals surface area contributed by atoms with Crippen LogP contribution in [0.5, 0.6) is 5.88 Å². The Kier molecular flexibility index (Phi) is 7.33. The zero-order valence-electron chi connectivity index (χ0n) is 18.6. The number of aryl methyl sites for hydroxylation is 1. The maximum Gasteiger partial charge on any atom is 0.487 e. The number of hydrogen-bond donors (Lipinski definition) is 3. The summed E-state index contributed by atoms with van der Waals surface area (Å²) in [5.74, 6) is 0.0853. The molecule has 3 heterocycles. The Labute approximate surface area is 198 Å². The maximum atomic E-state index is 13.6. The van der Waals surface area contributed by atoms with Gasteiger partial charge in [0.05, 0.1) is 6.61 Å². The van der Waals surface area contributed by atoms with Crippen LogP contribution in [0.1, 0.15) is 18.2 Å². The predicted molar refractivity (Wildman–Crippen MR) is 124 cm³/mol. The van der Waals surface area contributed by atoms with Crippen molar-refractivity contribution < 1.29 is 18.3 Å². The molecule has 35 heavy (non-hydrogen) atoms. The largest absolute Gasteiger partial charge is 0.487 e. The van der Waals surface area contributed by atoms with Crippen LogP contribution in [0.2, 0.25) is 0 Å². The topological polar surface area (TPSA) is 175 Å². The summed E-state index contributed by atoms with van der Waals surface area (Å²) in [6.07, 6.45) is 1.43. The molecular formula is C21H23N7O6P+. The van der Waals surface area contributed by atoms with Crippen molar-refractivity contribution in [2.45, 2.75) is 31.7 Å². The van der Waals surface area contributed by atoms with Crippen molar-refractivity contribution in [3.8, 4) is 5.88 Å². The number of nitrogens with zero attached hydrogens (tertiary/aromatic N) is 4. The van der Waals surface area contributed by atoms with E-state index in [2.05, 4.69) is 25.1 Å². The first-order valence-corrected chi connectivity index (χ1v) is 12.1. The van der Waals surface area contributed by atoms with Gasteiger partial charge in [-0.15, -0.1) is 0 Å². The Bertz CT molecular complexity index is 1330. The van der Waals surface area contributed by atoms with E-state index in [0.717, 1.165) is 0 Å². The molecule has 4 atom stereocenters. The van der Waals surface area contributed by atoms with Crippen LogP contribution in [0.4, 0.5) is 5.69 Å². The fourth-order valence-corrected chi connectivity index (χ4v) is 4.81. The number of rotatable bonds is 9. The molecule has 1 fully saturated rings. The molecule has 0 radical (unpaired) electrons. The van der Waals surface area contributed by atoms with Gasteiger partial charge in [-0.1, -0.05) is 24.3 Å². The normalized spacial score (nSPS) is 21.0. The lowest BCUT2D eigenvalue weighted by Gasteiger charge is -2.22. The van der Waals surface area contributed by atoms with Crippen LogP contribution in [-0.4, -0.2) is 33.3 Å². The van der Waals surface area contributed by atoms with E-state index in [1.54, 1.807) is 49.4 Å². The van der Waals surface area contributed by atoms with Crippen LogP contribution in [0.3, 0.4) is 0 Å². The number of para-hydroxylation sites is 1. The van der Waals surface area contributed by atoms with Crippen LogP contribution in [-0.2, 0) is 13.8 Å². The van der Waals surface area contributed by atoms with Gasteiger partial charge in [0.25, 0.3) is 5.56 Å². The van der Waals surface area contributed by atoms with E-state index >= 15 is 0 Å². The standard InChI is InChI=1S/C21H22N7O6P/c1-14-12-28(21(30)24-20(14)29)19-11-16(25-27-22)17(33-19)13-32-35(31,26-15-7-3-2-4-8-15)34-18-9-5-6-10-23-18/h2-10,12,16-17,19,22H,11,13H2,1H3,(H-,24,26,29,30,31)/p+1. The van der Waals surface area contributed by atoms with Crippen molar-refractivity contribution in [2.24, 2.45) is 5.11 Å². The number of ether oxygens (including phenoxy) is 1. The van der Waals surface area contributed by atoms with E-state index in [0.29, 0.717) is 11.3 Å². The second-order valence-corrected chi connectivity index (χ2v) is 9.32. The van der Waals surface area contributed by atoms with Crippen LogP contribution in [0.15, 0.2) is 75.6 Å². The number of pyridine rings is 1. The molecule has 1 aliphatic heterocycles. The number of aromatic amines is 1. The van der Waals surface area contributed by atoms with Gasteiger partial charge in [-0.2, -0.15) is 0 Å². The van der Waals surface area contributed by atoms with E-state index in [1.165, 1.54) is 23.0 Å². The molecule has 14 heteroatoms. The highest BCUT2D eigenvalue weighted by Crippen LogP contribution is 2.48. The van der Waals surface area contributed by atoms with Gasteiger partial charge in [-0.25, -0.2) is 14.3 Å². The van der Waals surface area contributed by atoms with Crippen LogP contribution in [0.25, 0.3) is 0 Å². The molecule has 4 rings (SSSR count). The Morgan fingerprint density at radius 3 is 2.77 bits per heavy atom. The van der Waals surface area contributed by atoms with E-state index in [-0.39, 0.29) is 18.9 Å². The molecule has 2 aromatic heterocycles. The Morgan fingerprint density at radius 2 is 2.06 bits per heavy atom. The van der Waals surface area contributed by atoms with Crippen LogP contribution < -0.4 is 25.8 Å². The smallest absolute Gasteiger partial charge is 0.391 e. The van der Waals surface area contributed by atoms with Gasteiger partial charge >= 0.3 is 13.4 Å². The molecule has 3 N–H and O–H groups in total. The number of H-pyrrole nitrogens is 1. The SMILES string of the molecule is Cc1cn(C2CC(N=[N+]=N)C(COP(=O)(Nc3ccccc3)Oc3ccccn3)O2)c(=O)[nH]c1=O. The number of benzene rings is 1. The first kappa shape index (κ1) is 24.2. The zero-order chi connectivity index (χ0) is 24.8. The average molecular weight is 500 g/mol. The van der Waals surface area contributed by atoms with Gasteiger partial charge in [0.15, 0.2) is 6.04 Å². The molecule has 0 spiro atoms. The number of anilines is 1. The summed E-state index contributed by atoms with van der Waals surface area (Å²) >= 11 is 0. The van der Waals surface area contributed by atoms with Gasteiger partial charge in [0, 0.05) is 36.1 Å². The predicted octanol–water partition coefficient (Wildman–Crippen LogP) is 2.76. The van der Waals surface area contributed by atoms with Crippen LogP contribution >= 0.6 is 7.75 Å². The third-order valence-electron chi connectivity index (χ3n) is 5.17. The highest BCUT2D eigenvalue weighted by Gasteiger charge is 2.42. The van der Waals surface area contributed by atoms with Gasteiger partial charge in [0.1, 0.15) is 23.0 Å².